The summed E-state index contributed by atoms with van der Waals surface area (Å²) >= 11 is 0. The minimum Gasteiger partial charge on any atom is -0.497 e. The Bertz CT molecular complexity index is 757. The second-order valence-electron chi connectivity index (χ2n) is 7.19. The Hall–Kier alpha value is -2.61. The topological polar surface area (TPSA) is 77.1 Å². The average molecular weight is 399 g/mol. The SMILES string of the molecule is COc1ccc(CNC(=O)Nc2ccc(CN3CCN(CCO)CC3)cc2)cc1. The number of β-amino-alcohol motifs (C(OH)–C–C–N with tert-alkyl or cyclic N) is 1. The van der Waals surface area contributed by atoms with Crippen LogP contribution in [0, 0.1) is 0 Å². The van der Waals surface area contributed by atoms with Gasteiger partial charge in [-0.25, -0.2) is 4.79 Å². The number of ether oxygens (including phenoxy) is 1. The Kier molecular flexibility index (Phi) is 7.86. The number of carbonyl (C=O) groups is 1. The third kappa shape index (κ3) is 6.74. The van der Waals surface area contributed by atoms with E-state index in [4.69, 9.17) is 9.84 Å². The molecule has 0 spiro atoms. The molecule has 1 aliphatic heterocycles. The molecule has 2 amide bonds. The molecule has 0 radical (unpaired) electrons. The summed E-state index contributed by atoms with van der Waals surface area (Å²) in [5, 5.41) is 14.7. The monoisotopic (exact) mass is 398 g/mol. The number of hydrogen-bond donors (Lipinski definition) is 3. The lowest BCUT2D eigenvalue weighted by Gasteiger charge is -2.34. The van der Waals surface area contributed by atoms with Gasteiger partial charge in [-0.2, -0.15) is 0 Å². The number of rotatable bonds is 8. The van der Waals surface area contributed by atoms with Crippen molar-refractivity contribution in [2.24, 2.45) is 0 Å². The molecule has 0 aromatic heterocycles. The number of anilines is 1. The van der Waals surface area contributed by atoms with Gasteiger partial charge in [0.2, 0.25) is 0 Å². The van der Waals surface area contributed by atoms with Crippen molar-refractivity contribution >= 4 is 11.7 Å². The van der Waals surface area contributed by atoms with E-state index in [1.165, 1.54) is 5.56 Å². The van der Waals surface area contributed by atoms with Crippen molar-refractivity contribution in [1.82, 2.24) is 15.1 Å². The summed E-state index contributed by atoms with van der Waals surface area (Å²) in [6, 6.07) is 15.4. The lowest BCUT2D eigenvalue weighted by atomic mass is 10.2. The van der Waals surface area contributed by atoms with Crippen LogP contribution in [0.1, 0.15) is 11.1 Å². The van der Waals surface area contributed by atoms with Crippen LogP contribution in [0.15, 0.2) is 48.5 Å². The summed E-state index contributed by atoms with van der Waals surface area (Å²) in [7, 11) is 1.63. The summed E-state index contributed by atoms with van der Waals surface area (Å²) < 4.78 is 5.13. The van der Waals surface area contributed by atoms with Crippen molar-refractivity contribution in [2.45, 2.75) is 13.1 Å². The Morgan fingerprint density at radius 1 is 0.966 bits per heavy atom. The molecule has 0 unspecified atom stereocenters. The van der Waals surface area contributed by atoms with Gasteiger partial charge in [-0.3, -0.25) is 9.80 Å². The number of nitrogens with zero attached hydrogens (tertiary/aromatic N) is 2. The third-order valence-electron chi connectivity index (χ3n) is 5.11. The molecule has 1 saturated heterocycles. The number of hydrogen-bond acceptors (Lipinski definition) is 5. The summed E-state index contributed by atoms with van der Waals surface area (Å²) in [6.45, 7) is 6.34. The minimum absolute atomic E-state index is 0.224. The maximum atomic E-state index is 12.1. The molecule has 1 heterocycles. The van der Waals surface area contributed by atoms with Crippen LogP contribution in [-0.4, -0.2) is 67.4 Å². The summed E-state index contributed by atoms with van der Waals surface area (Å²) in [4.78, 5) is 16.8. The lowest BCUT2D eigenvalue weighted by molar-refractivity contribution is 0.108. The predicted molar refractivity (Wildman–Crippen MR) is 114 cm³/mol. The van der Waals surface area contributed by atoms with Gasteiger partial charge in [0.05, 0.1) is 13.7 Å². The normalized spacial score (nSPS) is 15.1. The van der Waals surface area contributed by atoms with Gasteiger partial charge in [0.1, 0.15) is 5.75 Å². The predicted octanol–water partition coefficient (Wildman–Crippen LogP) is 2.13. The molecule has 3 N–H and O–H groups in total. The van der Waals surface area contributed by atoms with E-state index in [1.807, 2.05) is 36.4 Å². The molecule has 0 saturated carbocycles. The van der Waals surface area contributed by atoms with Crippen LogP contribution in [0.4, 0.5) is 10.5 Å². The lowest BCUT2D eigenvalue weighted by Crippen LogP contribution is -2.46. The van der Waals surface area contributed by atoms with E-state index in [1.54, 1.807) is 7.11 Å². The summed E-state index contributed by atoms with van der Waals surface area (Å²) in [5.74, 6) is 0.797. The average Bonchev–Trinajstić information content (AvgIpc) is 2.75. The number of piperazine rings is 1. The van der Waals surface area contributed by atoms with Crippen molar-refractivity contribution in [1.29, 1.82) is 0 Å². The largest absolute Gasteiger partial charge is 0.497 e. The summed E-state index contributed by atoms with van der Waals surface area (Å²) in [5.41, 5.74) is 3.01. The zero-order chi connectivity index (χ0) is 20.5. The first-order chi connectivity index (χ1) is 14.2. The summed E-state index contributed by atoms with van der Waals surface area (Å²) in [6.07, 6.45) is 0. The van der Waals surface area contributed by atoms with E-state index in [-0.39, 0.29) is 12.6 Å². The molecule has 0 aliphatic carbocycles. The molecule has 1 fully saturated rings. The number of methoxy groups -OCH3 is 1. The molecule has 156 valence electrons. The number of urea groups is 1. The fraction of sp³-hybridized carbons (Fsp3) is 0.409. The molecular formula is C22H30N4O3. The van der Waals surface area contributed by atoms with Gasteiger partial charge in [-0.15, -0.1) is 0 Å². The van der Waals surface area contributed by atoms with Crippen LogP contribution in [0.5, 0.6) is 5.75 Å². The quantitative estimate of drug-likeness (QED) is 0.635. The first kappa shape index (κ1) is 21.1. The van der Waals surface area contributed by atoms with Gasteiger partial charge in [0.25, 0.3) is 0 Å². The highest BCUT2D eigenvalue weighted by atomic mass is 16.5. The molecule has 2 aromatic rings. The van der Waals surface area contributed by atoms with Gasteiger partial charge in [0, 0.05) is 51.5 Å². The van der Waals surface area contributed by atoms with Gasteiger partial charge in [0.15, 0.2) is 0 Å². The highest BCUT2D eigenvalue weighted by molar-refractivity contribution is 5.89. The molecule has 7 heteroatoms. The van der Waals surface area contributed by atoms with Crippen LogP contribution < -0.4 is 15.4 Å². The van der Waals surface area contributed by atoms with Crippen molar-refractivity contribution < 1.29 is 14.6 Å². The van der Waals surface area contributed by atoms with E-state index in [0.29, 0.717) is 6.54 Å². The molecule has 1 aliphatic rings. The van der Waals surface area contributed by atoms with Crippen LogP contribution in [0.2, 0.25) is 0 Å². The third-order valence-corrected chi connectivity index (χ3v) is 5.11. The minimum atomic E-state index is -0.228. The maximum absolute atomic E-state index is 12.1. The molecule has 0 atom stereocenters. The molecule has 2 aromatic carbocycles. The first-order valence-electron chi connectivity index (χ1n) is 9.98. The number of aliphatic hydroxyl groups is 1. The number of nitrogens with one attached hydrogen (secondary N) is 2. The second kappa shape index (κ2) is 10.8. The van der Waals surface area contributed by atoms with Crippen molar-refractivity contribution in [3.05, 3.63) is 59.7 Å². The van der Waals surface area contributed by atoms with Gasteiger partial charge in [-0.1, -0.05) is 24.3 Å². The van der Waals surface area contributed by atoms with E-state index in [9.17, 15) is 4.79 Å². The molecule has 3 rings (SSSR count). The Morgan fingerprint density at radius 2 is 1.59 bits per heavy atom. The van der Waals surface area contributed by atoms with E-state index in [0.717, 1.165) is 56.3 Å². The number of benzene rings is 2. The Labute approximate surface area is 172 Å². The molecule has 0 bridgehead atoms. The number of carbonyl (C=O) groups excluding carboxylic acids is 1. The zero-order valence-electron chi connectivity index (χ0n) is 16.9. The Balaban J connectivity index is 1.41. The van der Waals surface area contributed by atoms with Crippen LogP contribution in [-0.2, 0) is 13.1 Å². The van der Waals surface area contributed by atoms with Crippen LogP contribution in [0.3, 0.4) is 0 Å². The molecule has 29 heavy (non-hydrogen) atoms. The molecule has 7 nitrogen and oxygen atoms in total. The van der Waals surface area contributed by atoms with Crippen LogP contribution >= 0.6 is 0 Å². The molecular weight excluding hydrogens is 368 g/mol. The van der Waals surface area contributed by atoms with E-state index in [2.05, 4.69) is 32.6 Å². The second-order valence-corrected chi connectivity index (χ2v) is 7.19. The van der Waals surface area contributed by atoms with Gasteiger partial charge >= 0.3 is 6.03 Å². The maximum Gasteiger partial charge on any atom is 0.319 e. The number of amides is 2. The van der Waals surface area contributed by atoms with Crippen molar-refractivity contribution in [3.8, 4) is 5.75 Å². The smallest absolute Gasteiger partial charge is 0.319 e. The van der Waals surface area contributed by atoms with Crippen molar-refractivity contribution in [3.63, 3.8) is 0 Å². The Morgan fingerprint density at radius 3 is 2.21 bits per heavy atom. The highest BCUT2D eigenvalue weighted by Gasteiger charge is 2.16. The van der Waals surface area contributed by atoms with Gasteiger partial charge in [-0.05, 0) is 35.4 Å². The highest BCUT2D eigenvalue weighted by Crippen LogP contribution is 2.14. The van der Waals surface area contributed by atoms with Gasteiger partial charge < -0.3 is 20.5 Å². The van der Waals surface area contributed by atoms with E-state index < -0.39 is 0 Å². The fourth-order valence-corrected chi connectivity index (χ4v) is 3.37. The van der Waals surface area contributed by atoms with Crippen molar-refractivity contribution in [2.75, 3.05) is 51.8 Å². The fourth-order valence-electron chi connectivity index (χ4n) is 3.37. The zero-order valence-corrected chi connectivity index (χ0v) is 16.9. The van der Waals surface area contributed by atoms with E-state index >= 15 is 0 Å². The van der Waals surface area contributed by atoms with Crippen LogP contribution in [0.25, 0.3) is 0 Å². The first-order valence-corrected chi connectivity index (χ1v) is 9.98. The standard InChI is InChI=1S/C22H30N4O3/c1-29-21-8-4-18(5-9-21)16-23-22(28)24-20-6-2-19(3-7-20)17-26-12-10-25(11-13-26)14-15-27/h2-9,27H,10-17H2,1H3,(H2,23,24,28). The number of aliphatic hydroxyl groups excluding tert-OH is 1.